The van der Waals surface area contributed by atoms with Crippen molar-refractivity contribution in [2.75, 3.05) is 13.1 Å². The van der Waals surface area contributed by atoms with Crippen LogP contribution in [0.1, 0.15) is 52.9 Å². The van der Waals surface area contributed by atoms with Crippen LogP contribution >= 0.6 is 0 Å². The van der Waals surface area contributed by atoms with Crippen LogP contribution in [-0.4, -0.2) is 24.7 Å². The third kappa shape index (κ3) is 2.54. The van der Waals surface area contributed by atoms with Crippen molar-refractivity contribution in [3.05, 3.63) is 0 Å². The molecule has 88 valence electrons. The van der Waals surface area contributed by atoms with Crippen LogP contribution in [0.2, 0.25) is 0 Å². The SMILES string of the molecule is CC1(NCC2NCCCC2(C)C)CCC1. The first-order valence-corrected chi connectivity index (χ1v) is 6.50. The van der Waals surface area contributed by atoms with E-state index in [0.717, 1.165) is 6.54 Å². The van der Waals surface area contributed by atoms with Gasteiger partial charge in [0, 0.05) is 18.1 Å². The largest absolute Gasteiger partial charge is 0.312 e. The molecule has 0 bridgehead atoms. The van der Waals surface area contributed by atoms with E-state index < -0.39 is 0 Å². The maximum absolute atomic E-state index is 3.76. The first-order valence-electron chi connectivity index (χ1n) is 6.50. The van der Waals surface area contributed by atoms with Crippen molar-refractivity contribution in [2.45, 2.75) is 64.5 Å². The molecule has 0 aromatic heterocycles. The van der Waals surface area contributed by atoms with Crippen molar-refractivity contribution in [2.24, 2.45) is 5.41 Å². The van der Waals surface area contributed by atoms with Gasteiger partial charge in [0.2, 0.25) is 0 Å². The summed E-state index contributed by atoms with van der Waals surface area (Å²) in [7, 11) is 0. The zero-order chi connectivity index (χ0) is 10.9. The fourth-order valence-electron chi connectivity index (χ4n) is 2.85. The standard InChI is InChI=1S/C13H26N2/c1-12(2)6-5-9-14-11(12)10-15-13(3)7-4-8-13/h11,14-15H,4-10H2,1-3H3. The molecule has 0 amide bonds. The van der Waals surface area contributed by atoms with E-state index >= 15 is 0 Å². The Morgan fingerprint density at radius 1 is 1.13 bits per heavy atom. The van der Waals surface area contributed by atoms with Gasteiger partial charge in [-0.25, -0.2) is 0 Å². The summed E-state index contributed by atoms with van der Waals surface area (Å²) in [5.74, 6) is 0. The quantitative estimate of drug-likeness (QED) is 0.747. The molecule has 2 N–H and O–H groups in total. The van der Waals surface area contributed by atoms with Gasteiger partial charge in [0.25, 0.3) is 0 Å². The van der Waals surface area contributed by atoms with E-state index in [2.05, 4.69) is 31.4 Å². The molecule has 1 unspecified atom stereocenters. The third-order valence-corrected chi connectivity index (χ3v) is 4.52. The van der Waals surface area contributed by atoms with E-state index in [1.54, 1.807) is 0 Å². The van der Waals surface area contributed by atoms with Crippen molar-refractivity contribution < 1.29 is 0 Å². The summed E-state index contributed by atoms with van der Waals surface area (Å²) < 4.78 is 0. The maximum atomic E-state index is 3.76. The lowest BCUT2D eigenvalue weighted by atomic mass is 9.75. The van der Waals surface area contributed by atoms with Gasteiger partial charge in [-0.05, 0) is 51.0 Å². The molecule has 0 radical (unpaired) electrons. The van der Waals surface area contributed by atoms with Gasteiger partial charge in [0.1, 0.15) is 0 Å². The molecule has 1 aliphatic carbocycles. The average molecular weight is 210 g/mol. The van der Waals surface area contributed by atoms with Crippen LogP contribution in [0.3, 0.4) is 0 Å². The number of rotatable bonds is 3. The van der Waals surface area contributed by atoms with Crippen LogP contribution < -0.4 is 10.6 Å². The van der Waals surface area contributed by atoms with E-state index in [1.165, 1.54) is 38.6 Å². The average Bonchev–Trinajstić information content (AvgIpc) is 2.13. The Labute approximate surface area is 94.2 Å². The zero-order valence-corrected chi connectivity index (χ0v) is 10.5. The molecular weight excluding hydrogens is 184 g/mol. The smallest absolute Gasteiger partial charge is 0.0243 e. The molecule has 2 nitrogen and oxygen atoms in total. The molecule has 1 saturated carbocycles. The number of nitrogens with one attached hydrogen (secondary N) is 2. The first kappa shape index (κ1) is 11.4. The lowest BCUT2D eigenvalue weighted by Gasteiger charge is -2.45. The van der Waals surface area contributed by atoms with Crippen molar-refractivity contribution in [1.82, 2.24) is 10.6 Å². The third-order valence-electron chi connectivity index (χ3n) is 4.52. The summed E-state index contributed by atoms with van der Waals surface area (Å²) >= 11 is 0. The molecule has 1 heterocycles. The fourth-order valence-corrected chi connectivity index (χ4v) is 2.85. The van der Waals surface area contributed by atoms with Crippen molar-refractivity contribution >= 4 is 0 Å². The summed E-state index contributed by atoms with van der Waals surface area (Å²) in [5, 5.41) is 7.43. The van der Waals surface area contributed by atoms with E-state index in [4.69, 9.17) is 0 Å². The first-order chi connectivity index (χ1) is 7.02. The number of hydrogen-bond donors (Lipinski definition) is 2. The van der Waals surface area contributed by atoms with Crippen LogP contribution in [0.5, 0.6) is 0 Å². The van der Waals surface area contributed by atoms with Crippen molar-refractivity contribution in [3.63, 3.8) is 0 Å². The highest BCUT2D eigenvalue weighted by atomic mass is 15.1. The van der Waals surface area contributed by atoms with Gasteiger partial charge in [0.15, 0.2) is 0 Å². The van der Waals surface area contributed by atoms with Gasteiger partial charge in [-0.3, -0.25) is 0 Å². The molecule has 2 rings (SSSR count). The Morgan fingerprint density at radius 2 is 1.87 bits per heavy atom. The Morgan fingerprint density at radius 3 is 2.40 bits per heavy atom. The maximum Gasteiger partial charge on any atom is 0.0243 e. The lowest BCUT2D eigenvalue weighted by Crippen LogP contribution is -2.57. The molecule has 1 atom stereocenters. The molecule has 0 spiro atoms. The Balaban J connectivity index is 1.82. The molecule has 0 aromatic rings. The monoisotopic (exact) mass is 210 g/mol. The van der Waals surface area contributed by atoms with Crippen LogP contribution in [0.4, 0.5) is 0 Å². The predicted octanol–water partition coefficient (Wildman–Crippen LogP) is 2.30. The highest BCUT2D eigenvalue weighted by molar-refractivity contribution is 4.96. The van der Waals surface area contributed by atoms with Gasteiger partial charge in [-0.15, -0.1) is 0 Å². The van der Waals surface area contributed by atoms with Crippen LogP contribution in [0.15, 0.2) is 0 Å². The second-order valence-corrected chi connectivity index (χ2v) is 6.39. The van der Waals surface area contributed by atoms with Gasteiger partial charge in [-0.2, -0.15) is 0 Å². The summed E-state index contributed by atoms with van der Waals surface area (Å²) in [4.78, 5) is 0. The zero-order valence-electron chi connectivity index (χ0n) is 10.5. The van der Waals surface area contributed by atoms with Crippen LogP contribution in [-0.2, 0) is 0 Å². The molecule has 15 heavy (non-hydrogen) atoms. The number of hydrogen-bond acceptors (Lipinski definition) is 2. The van der Waals surface area contributed by atoms with Crippen LogP contribution in [0, 0.1) is 5.41 Å². The molecule has 1 aliphatic heterocycles. The van der Waals surface area contributed by atoms with E-state index in [-0.39, 0.29) is 0 Å². The summed E-state index contributed by atoms with van der Waals surface area (Å²) in [5.41, 5.74) is 0.917. The van der Waals surface area contributed by atoms with Gasteiger partial charge >= 0.3 is 0 Å². The second-order valence-electron chi connectivity index (χ2n) is 6.39. The molecule has 2 heteroatoms. The molecule has 0 aromatic carbocycles. The Hall–Kier alpha value is -0.0800. The van der Waals surface area contributed by atoms with Gasteiger partial charge in [0.05, 0.1) is 0 Å². The summed E-state index contributed by atoms with van der Waals surface area (Å²) in [6, 6.07) is 0.656. The molecule has 2 aliphatic rings. The number of piperidine rings is 1. The van der Waals surface area contributed by atoms with E-state index in [9.17, 15) is 0 Å². The summed E-state index contributed by atoms with van der Waals surface area (Å²) in [6.07, 6.45) is 6.83. The van der Waals surface area contributed by atoms with Crippen molar-refractivity contribution in [1.29, 1.82) is 0 Å². The minimum Gasteiger partial charge on any atom is -0.312 e. The van der Waals surface area contributed by atoms with Gasteiger partial charge in [-0.1, -0.05) is 13.8 Å². The highest BCUT2D eigenvalue weighted by Crippen LogP contribution is 2.33. The second kappa shape index (κ2) is 4.06. The normalized spacial score (nSPS) is 33.4. The van der Waals surface area contributed by atoms with Crippen LogP contribution in [0.25, 0.3) is 0 Å². The van der Waals surface area contributed by atoms with Gasteiger partial charge < -0.3 is 10.6 Å². The van der Waals surface area contributed by atoms with E-state index in [0.29, 0.717) is 17.0 Å². The Kier molecular flexibility index (Phi) is 3.09. The highest BCUT2D eigenvalue weighted by Gasteiger charge is 2.36. The Bertz CT molecular complexity index is 219. The predicted molar refractivity (Wildman–Crippen MR) is 65.1 cm³/mol. The molecule has 1 saturated heterocycles. The fraction of sp³-hybridized carbons (Fsp3) is 1.00. The van der Waals surface area contributed by atoms with Crippen molar-refractivity contribution in [3.8, 4) is 0 Å². The minimum atomic E-state index is 0.454. The molecular formula is C13H26N2. The topological polar surface area (TPSA) is 24.1 Å². The minimum absolute atomic E-state index is 0.454. The molecule has 2 fully saturated rings. The summed E-state index contributed by atoms with van der Waals surface area (Å²) in [6.45, 7) is 9.51. The van der Waals surface area contributed by atoms with E-state index in [1.807, 2.05) is 0 Å². The lowest BCUT2D eigenvalue weighted by molar-refractivity contribution is 0.141.